The zero-order valence-corrected chi connectivity index (χ0v) is 21.3. The van der Waals surface area contributed by atoms with E-state index in [1.54, 1.807) is 15.9 Å². The molecule has 8 nitrogen and oxygen atoms in total. The van der Waals surface area contributed by atoms with Crippen molar-refractivity contribution in [2.75, 3.05) is 19.6 Å². The van der Waals surface area contributed by atoms with Crippen molar-refractivity contribution >= 4 is 62.6 Å². The van der Waals surface area contributed by atoms with Crippen LogP contribution in [0, 0.1) is 0 Å². The van der Waals surface area contributed by atoms with Gasteiger partial charge in [-0.3, -0.25) is 14.6 Å². The Morgan fingerprint density at radius 1 is 1.31 bits per heavy atom. The number of allylic oxidation sites excluding steroid dienone is 1. The third-order valence-electron chi connectivity index (χ3n) is 5.11. The molecule has 0 bridgehead atoms. The number of ether oxygens (including phenoxy) is 1. The van der Waals surface area contributed by atoms with Crippen LogP contribution in [0.3, 0.4) is 0 Å². The van der Waals surface area contributed by atoms with Gasteiger partial charge in [0.05, 0.1) is 20.4 Å². The minimum absolute atomic E-state index is 0.0167. The molecule has 32 heavy (non-hydrogen) atoms. The van der Waals surface area contributed by atoms with Crippen molar-refractivity contribution in [3.63, 3.8) is 0 Å². The topological polar surface area (TPSA) is 91.3 Å². The quantitative estimate of drug-likeness (QED) is 0.628. The zero-order chi connectivity index (χ0) is 23.0. The number of fused-ring (bicyclic) bond motifs is 1. The largest absolute Gasteiger partial charge is 0.444 e. The van der Waals surface area contributed by atoms with Gasteiger partial charge in [-0.1, -0.05) is 11.8 Å². The summed E-state index contributed by atoms with van der Waals surface area (Å²) in [7, 11) is 0. The normalized spacial score (nSPS) is 23.4. The summed E-state index contributed by atoms with van der Waals surface area (Å²) in [6.45, 7) is 6.95. The molecule has 3 amide bonds. The van der Waals surface area contributed by atoms with Crippen LogP contribution in [0.25, 0.3) is 0 Å². The molecule has 2 atom stereocenters. The molecule has 3 aliphatic heterocycles. The van der Waals surface area contributed by atoms with Crippen LogP contribution < -0.4 is 5.32 Å². The van der Waals surface area contributed by atoms with Gasteiger partial charge < -0.3 is 19.9 Å². The van der Waals surface area contributed by atoms with Crippen LogP contribution in [0.2, 0.25) is 0 Å². The van der Waals surface area contributed by atoms with E-state index in [0.29, 0.717) is 30.9 Å². The maximum absolute atomic E-state index is 12.6. The summed E-state index contributed by atoms with van der Waals surface area (Å²) < 4.78 is 6.36. The number of hydrogen-bond acceptors (Lipinski definition) is 7. The molecule has 11 heteroatoms. The summed E-state index contributed by atoms with van der Waals surface area (Å²) in [5.41, 5.74) is 0.0515. The van der Waals surface area contributed by atoms with Gasteiger partial charge in [0.25, 0.3) is 5.91 Å². The lowest BCUT2D eigenvalue weighted by Gasteiger charge is -2.26. The van der Waals surface area contributed by atoms with Gasteiger partial charge in [-0.15, -0.1) is 11.3 Å². The number of carbonyl (C=O) groups excluding carboxylic acids is 3. The Balaban J connectivity index is 1.35. The fraction of sp³-hybridized carbons (Fsp3) is 0.524. The average Bonchev–Trinajstić information content (AvgIpc) is 3.36. The van der Waals surface area contributed by atoms with Crippen molar-refractivity contribution in [2.45, 2.75) is 50.8 Å². The summed E-state index contributed by atoms with van der Waals surface area (Å²) in [4.78, 5) is 47.2. The number of aliphatic imine (C=N–C) groups is 1. The van der Waals surface area contributed by atoms with E-state index in [-0.39, 0.29) is 35.9 Å². The Morgan fingerprint density at radius 2 is 2.09 bits per heavy atom. The number of halogens is 1. The number of nitrogens with one attached hydrogen (secondary N) is 1. The van der Waals surface area contributed by atoms with Gasteiger partial charge in [0.2, 0.25) is 5.91 Å². The third kappa shape index (κ3) is 5.37. The Bertz CT molecular complexity index is 1000. The van der Waals surface area contributed by atoms with E-state index < -0.39 is 5.60 Å². The van der Waals surface area contributed by atoms with Gasteiger partial charge in [0.1, 0.15) is 5.60 Å². The highest BCUT2D eigenvalue weighted by Crippen LogP contribution is 2.37. The van der Waals surface area contributed by atoms with Crippen LogP contribution in [0.1, 0.15) is 43.3 Å². The number of carbonyl (C=O) groups is 3. The van der Waals surface area contributed by atoms with Gasteiger partial charge in [-0.05, 0) is 54.9 Å². The number of nitrogens with zero attached hydrogens (tertiary/aromatic N) is 3. The molecule has 4 rings (SSSR count). The van der Waals surface area contributed by atoms with E-state index in [9.17, 15) is 14.4 Å². The van der Waals surface area contributed by atoms with Crippen LogP contribution in [-0.4, -0.2) is 70.2 Å². The summed E-state index contributed by atoms with van der Waals surface area (Å²) in [5.74, 6) is -0.183. The number of likely N-dealkylation sites (tertiary alicyclic amines) is 1. The van der Waals surface area contributed by atoms with E-state index >= 15 is 0 Å². The molecule has 4 heterocycles. The molecule has 1 saturated heterocycles. The lowest BCUT2D eigenvalue weighted by molar-refractivity contribution is -0.128. The van der Waals surface area contributed by atoms with Crippen molar-refractivity contribution < 1.29 is 19.1 Å². The van der Waals surface area contributed by atoms with Gasteiger partial charge in [0.15, 0.2) is 5.50 Å². The number of amides is 3. The molecule has 0 aromatic carbocycles. The zero-order valence-electron chi connectivity index (χ0n) is 18.1. The lowest BCUT2D eigenvalue weighted by atomic mass is 10.2. The maximum Gasteiger partial charge on any atom is 0.410 e. The molecular formula is C21H25BrN4O4S2. The molecule has 1 aromatic rings. The van der Waals surface area contributed by atoms with Gasteiger partial charge >= 0.3 is 6.09 Å². The number of thiophene rings is 1. The predicted molar refractivity (Wildman–Crippen MR) is 129 cm³/mol. The molecule has 0 aliphatic carbocycles. The predicted octanol–water partition coefficient (Wildman–Crippen LogP) is 3.84. The monoisotopic (exact) mass is 540 g/mol. The SMILES string of the molecule is CC(C)(C)OC(=O)N1CC=C2S[C@@H](N3CC(NC(=O)c4ccc(Br)s4)CC3=O)N=C2CC1. The van der Waals surface area contributed by atoms with Crippen molar-refractivity contribution in [1.82, 2.24) is 15.1 Å². The van der Waals surface area contributed by atoms with Crippen LogP contribution in [0.15, 0.2) is 31.9 Å². The first kappa shape index (κ1) is 23.3. The standard InChI is InChI=1S/C21H25BrN4O4S2/c1-21(2,3)30-20(29)25-8-6-13-14(7-9-25)32-19(24-13)26-11-12(10-17(26)27)23-18(28)15-4-5-16(22)31-15/h4-5,7,12,19H,6,8-11H2,1-3H3,(H,23,28)/t12?,19-/m1/s1. The summed E-state index contributed by atoms with van der Waals surface area (Å²) in [6, 6.07) is 3.36. The molecule has 0 saturated carbocycles. The van der Waals surface area contributed by atoms with Crippen LogP contribution in [-0.2, 0) is 9.53 Å². The van der Waals surface area contributed by atoms with Gasteiger partial charge in [-0.2, -0.15) is 0 Å². The van der Waals surface area contributed by atoms with Crippen LogP contribution in [0.4, 0.5) is 4.79 Å². The third-order valence-corrected chi connectivity index (χ3v) is 7.96. The first-order valence-electron chi connectivity index (χ1n) is 10.4. The Morgan fingerprint density at radius 3 is 2.78 bits per heavy atom. The number of hydrogen-bond donors (Lipinski definition) is 1. The molecule has 1 aromatic heterocycles. The fourth-order valence-electron chi connectivity index (χ4n) is 3.64. The molecule has 1 fully saturated rings. The molecule has 172 valence electrons. The van der Waals surface area contributed by atoms with E-state index in [0.717, 1.165) is 14.4 Å². The van der Waals surface area contributed by atoms with Crippen molar-refractivity contribution in [2.24, 2.45) is 4.99 Å². The molecular weight excluding hydrogens is 516 g/mol. The second kappa shape index (κ2) is 9.18. The second-order valence-electron chi connectivity index (χ2n) is 8.79. The number of rotatable bonds is 3. The summed E-state index contributed by atoms with van der Waals surface area (Å²) in [5, 5.41) is 2.96. The van der Waals surface area contributed by atoms with E-state index in [1.807, 2.05) is 32.9 Å². The Kier molecular flexibility index (Phi) is 6.69. The highest BCUT2D eigenvalue weighted by Gasteiger charge is 2.39. The molecule has 0 radical (unpaired) electrons. The molecule has 1 unspecified atom stereocenters. The smallest absolute Gasteiger partial charge is 0.410 e. The minimum atomic E-state index is -0.536. The second-order valence-corrected chi connectivity index (χ2v) is 12.3. The highest BCUT2D eigenvalue weighted by molar-refractivity contribution is 9.11. The molecule has 1 N–H and O–H groups in total. The minimum Gasteiger partial charge on any atom is -0.444 e. The van der Waals surface area contributed by atoms with Gasteiger partial charge in [0, 0.05) is 37.4 Å². The average molecular weight is 541 g/mol. The van der Waals surface area contributed by atoms with Crippen molar-refractivity contribution in [3.8, 4) is 0 Å². The Hall–Kier alpha value is -1.85. The van der Waals surface area contributed by atoms with E-state index in [4.69, 9.17) is 9.73 Å². The first-order chi connectivity index (χ1) is 15.1. The lowest BCUT2D eigenvalue weighted by Crippen LogP contribution is -2.38. The first-order valence-corrected chi connectivity index (χ1v) is 12.9. The van der Waals surface area contributed by atoms with Crippen LogP contribution >= 0.6 is 39.0 Å². The van der Waals surface area contributed by atoms with Crippen molar-refractivity contribution in [1.29, 1.82) is 0 Å². The molecule has 3 aliphatic rings. The summed E-state index contributed by atoms with van der Waals surface area (Å²) >= 11 is 6.25. The van der Waals surface area contributed by atoms with Crippen molar-refractivity contribution in [3.05, 3.63) is 31.8 Å². The maximum atomic E-state index is 12.6. The van der Waals surface area contributed by atoms with Crippen LogP contribution in [0.5, 0.6) is 0 Å². The van der Waals surface area contributed by atoms with E-state index in [2.05, 4.69) is 21.2 Å². The van der Waals surface area contributed by atoms with E-state index in [1.165, 1.54) is 23.1 Å². The Labute approximate surface area is 203 Å². The fourth-order valence-corrected chi connectivity index (χ4v) is 6.13. The summed E-state index contributed by atoms with van der Waals surface area (Å²) in [6.07, 6.45) is 2.53. The van der Waals surface area contributed by atoms with Gasteiger partial charge in [-0.25, -0.2) is 4.79 Å². The number of thioether (sulfide) groups is 1. The highest BCUT2D eigenvalue weighted by atomic mass is 79.9. The molecule has 0 spiro atoms.